The van der Waals surface area contributed by atoms with Gasteiger partial charge < -0.3 is 24.7 Å². The van der Waals surface area contributed by atoms with Crippen LogP contribution in [0, 0.1) is 0 Å². The van der Waals surface area contributed by atoms with E-state index in [4.69, 9.17) is 24.7 Å². The van der Waals surface area contributed by atoms with Crippen molar-refractivity contribution in [2.75, 3.05) is 34.5 Å². The molecule has 1 saturated heterocycles. The fourth-order valence-electron chi connectivity index (χ4n) is 2.40. The summed E-state index contributed by atoms with van der Waals surface area (Å²) in [6.45, 7) is 3.17. The third kappa shape index (κ3) is 2.13. The highest BCUT2D eigenvalue weighted by Crippen LogP contribution is 2.44. The highest BCUT2D eigenvalue weighted by Gasteiger charge is 2.46. The maximum atomic E-state index is 6.14. The Balaban J connectivity index is 2.55. The summed E-state index contributed by atoms with van der Waals surface area (Å²) < 4.78 is 21.5. The van der Waals surface area contributed by atoms with Crippen LogP contribution in [-0.4, -0.2) is 40.6 Å². The molecule has 0 aliphatic carbocycles. The summed E-state index contributed by atoms with van der Waals surface area (Å²) in [5, 5.41) is 0. The van der Waals surface area contributed by atoms with Crippen LogP contribution >= 0.6 is 0 Å². The molecule has 1 aliphatic rings. The van der Waals surface area contributed by atoms with Crippen molar-refractivity contribution in [3.8, 4) is 17.2 Å². The Morgan fingerprint density at radius 3 is 1.95 bits per heavy atom. The number of nitrogens with two attached hydrogens (primary N) is 1. The maximum Gasteiger partial charge on any atom is 0.164 e. The van der Waals surface area contributed by atoms with Crippen LogP contribution in [0.1, 0.15) is 12.5 Å². The third-order valence-electron chi connectivity index (χ3n) is 3.83. The summed E-state index contributed by atoms with van der Waals surface area (Å²) in [6, 6.07) is 3.73. The van der Waals surface area contributed by atoms with E-state index in [1.165, 1.54) is 0 Å². The fraction of sp³-hybridized carbons (Fsp3) is 0.571. The second-order valence-corrected chi connectivity index (χ2v) is 4.85. The van der Waals surface area contributed by atoms with E-state index < -0.39 is 0 Å². The van der Waals surface area contributed by atoms with Crippen molar-refractivity contribution in [3.63, 3.8) is 0 Å². The maximum absolute atomic E-state index is 6.14. The molecule has 0 spiro atoms. The molecule has 2 N–H and O–H groups in total. The highest BCUT2D eigenvalue weighted by molar-refractivity contribution is 5.54. The Bertz CT molecular complexity index is 455. The SMILES string of the molecule is COc1cc(OC)c(C2(C(C)N)COC2)cc1OC. The van der Waals surface area contributed by atoms with Gasteiger partial charge in [-0.1, -0.05) is 0 Å². The molecule has 0 saturated carbocycles. The first-order chi connectivity index (χ1) is 9.08. The van der Waals surface area contributed by atoms with Crippen LogP contribution in [0.3, 0.4) is 0 Å². The van der Waals surface area contributed by atoms with Crippen molar-refractivity contribution in [1.29, 1.82) is 0 Å². The fourth-order valence-corrected chi connectivity index (χ4v) is 2.40. The van der Waals surface area contributed by atoms with Gasteiger partial charge in [0.25, 0.3) is 0 Å². The Kier molecular flexibility index (Phi) is 3.87. The van der Waals surface area contributed by atoms with Gasteiger partial charge in [0.05, 0.1) is 40.0 Å². The molecule has 19 heavy (non-hydrogen) atoms. The van der Waals surface area contributed by atoms with Gasteiger partial charge in [0.1, 0.15) is 5.75 Å². The van der Waals surface area contributed by atoms with Crippen LogP contribution in [0.2, 0.25) is 0 Å². The summed E-state index contributed by atoms with van der Waals surface area (Å²) in [4.78, 5) is 0. The lowest BCUT2D eigenvalue weighted by Gasteiger charge is -2.45. The van der Waals surface area contributed by atoms with Crippen LogP contribution in [-0.2, 0) is 10.2 Å². The van der Waals surface area contributed by atoms with Gasteiger partial charge in [-0.25, -0.2) is 0 Å². The normalized spacial score (nSPS) is 18.4. The molecule has 5 nitrogen and oxygen atoms in total. The van der Waals surface area contributed by atoms with Crippen LogP contribution < -0.4 is 19.9 Å². The smallest absolute Gasteiger partial charge is 0.164 e. The molecule has 2 rings (SSSR count). The number of methoxy groups -OCH3 is 3. The lowest BCUT2D eigenvalue weighted by molar-refractivity contribution is -0.0711. The second kappa shape index (κ2) is 5.27. The Labute approximate surface area is 113 Å². The summed E-state index contributed by atoms with van der Waals surface area (Å²) in [7, 11) is 4.85. The van der Waals surface area contributed by atoms with Crippen molar-refractivity contribution in [1.82, 2.24) is 0 Å². The summed E-state index contributed by atoms with van der Waals surface area (Å²) in [5.41, 5.74) is 6.93. The summed E-state index contributed by atoms with van der Waals surface area (Å²) in [5.74, 6) is 2.06. The minimum absolute atomic E-state index is 0.0340. The molecule has 1 aromatic carbocycles. The summed E-state index contributed by atoms with van der Waals surface area (Å²) >= 11 is 0. The van der Waals surface area contributed by atoms with Gasteiger partial charge in [0, 0.05) is 17.7 Å². The van der Waals surface area contributed by atoms with Gasteiger partial charge in [-0.2, -0.15) is 0 Å². The van der Waals surface area contributed by atoms with Crippen molar-refractivity contribution in [2.24, 2.45) is 5.73 Å². The van der Waals surface area contributed by atoms with Gasteiger partial charge in [-0.15, -0.1) is 0 Å². The monoisotopic (exact) mass is 267 g/mol. The van der Waals surface area contributed by atoms with Crippen LogP contribution in [0.5, 0.6) is 17.2 Å². The Morgan fingerprint density at radius 2 is 1.58 bits per heavy atom. The molecule has 0 amide bonds. The quantitative estimate of drug-likeness (QED) is 0.872. The number of benzene rings is 1. The summed E-state index contributed by atoms with van der Waals surface area (Å²) in [6.07, 6.45) is 0. The molecule has 0 radical (unpaired) electrons. The van der Waals surface area contributed by atoms with Gasteiger partial charge in [-0.3, -0.25) is 0 Å². The predicted molar refractivity (Wildman–Crippen MR) is 72.2 cm³/mol. The van der Waals surface area contributed by atoms with E-state index in [1.807, 2.05) is 19.1 Å². The Hall–Kier alpha value is -1.46. The molecule has 1 fully saturated rings. The molecule has 0 aromatic heterocycles. The number of hydrogen-bond acceptors (Lipinski definition) is 5. The number of hydrogen-bond donors (Lipinski definition) is 1. The minimum Gasteiger partial charge on any atom is -0.496 e. The van der Waals surface area contributed by atoms with Crippen LogP contribution in [0.25, 0.3) is 0 Å². The zero-order valence-corrected chi connectivity index (χ0v) is 11.9. The molecule has 0 bridgehead atoms. The van der Waals surface area contributed by atoms with Gasteiger partial charge >= 0.3 is 0 Å². The van der Waals surface area contributed by atoms with E-state index in [1.54, 1.807) is 21.3 Å². The van der Waals surface area contributed by atoms with Gasteiger partial charge in [0.2, 0.25) is 0 Å². The molecule has 106 valence electrons. The van der Waals surface area contributed by atoms with Crippen molar-refractivity contribution in [2.45, 2.75) is 18.4 Å². The molecule has 1 aromatic rings. The standard InChI is InChI=1S/C14H21NO4/c1-9(15)14(7-19-8-14)10-5-12(17-3)13(18-4)6-11(10)16-2/h5-6,9H,7-8,15H2,1-4H3. The minimum atomic E-state index is -0.217. The molecule has 1 heterocycles. The number of rotatable bonds is 5. The lowest BCUT2D eigenvalue weighted by atomic mass is 9.73. The predicted octanol–water partition coefficient (Wildman–Crippen LogP) is 1.33. The highest BCUT2D eigenvalue weighted by atomic mass is 16.5. The van der Waals surface area contributed by atoms with Gasteiger partial charge in [0.15, 0.2) is 11.5 Å². The zero-order valence-electron chi connectivity index (χ0n) is 11.9. The van der Waals surface area contributed by atoms with Crippen molar-refractivity contribution >= 4 is 0 Å². The topological polar surface area (TPSA) is 62.9 Å². The van der Waals surface area contributed by atoms with Crippen molar-refractivity contribution < 1.29 is 18.9 Å². The third-order valence-corrected chi connectivity index (χ3v) is 3.83. The average molecular weight is 267 g/mol. The molecule has 1 aliphatic heterocycles. The first-order valence-electron chi connectivity index (χ1n) is 6.23. The molecule has 1 unspecified atom stereocenters. The Morgan fingerprint density at radius 1 is 1.05 bits per heavy atom. The van der Waals surface area contributed by atoms with E-state index in [-0.39, 0.29) is 11.5 Å². The van der Waals surface area contributed by atoms with E-state index >= 15 is 0 Å². The molecular weight excluding hydrogens is 246 g/mol. The van der Waals surface area contributed by atoms with E-state index in [9.17, 15) is 0 Å². The zero-order chi connectivity index (χ0) is 14.0. The first kappa shape index (κ1) is 14.0. The largest absolute Gasteiger partial charge is 0.496 e. The second-order valence-electron chi connectivity index (χ2n) is 4.85. The van der Waals surface area contributed by atoms with Crippen LogP contribution in [0.15, 0.2) is 12.1 Å². The average Bonchev–Trinajstić information content (AvgIpc) is 2.36. The lowest BCUT2D eigenvalue weighted by Crippen LogP contribution is -2.57. The van der Waals surface area contributed by atoms with Crippen molar-refractivity contribution in [3.05, 3.63) is 17.7 Å². The number of ether oxygens (including phenoxy) is 4. The van der Waals surface area contributed by atoms with Gasteiger partial charge in [-0.05, 0) is 13.0 Å². The van der Waals surface area contributed by atoms with E-state index in [0.717, 1.165) is 11.3 Å². The molecule has 1 atom stereocenters. The first-order valence-corrected chi connectivity index (χ1v) is 6.23. The van der Waals surface area contributed by atoms with E-state index in [2.05, 4.69) is 0 Å². The molecular formula is C14H21NO4. The van der Waals surface area contributed by atoms with E-state index in [0.29, 0.717) is 24.7 Å². The molecule has 5 heteroatoms. The van der Waals surface area contributed by atoms with Crippen LogP contribution in [0.4, 0.5) is 0 Å².